The van der Waals surface area contributed by atoms with E-state index in [1.165, 1.54) is 50.1 Å². The van der Waals surface area contributed by atoms with Gasteiger partial charge in [-0.15, -0.1) is 0 Å². The van der Waals surface area contributed by atoms with E-state index in [0.29, 0.717) is 0 Å². The lowest BCUT2D eigenvalue weighted by molar-refractivity contribution is 1.32. The van der Waals surface area contributed by atoms with Gasteiger partial charge in [-0.2, -0.15) is 0 Å². The molecule has 66 heavy (non-hydrogen) atoms. The second kappa shape index (κ2) is 18.2. The summed E-state index contributed by atoms with van der Waals surface area (Å²) >= 11 is 0. The van der Waals surface area contributed by atoms with E-state index >= 15 is 0 Å². The molecule has 0 saturated heterocycles. The first-order valence-corrected chi connectivity index (χ1v) is 22.6. The highest BCUT2D eigenvalue weighted by atomic mass is 14.7. The number of hydrogen-bond donors (Lipinski definition) is 0. The first kappa shape index (κ1) is 40.1. The van der Waals surface area contributed by atoms with E-state index in [1.54, 1.807) is 0 Å². The maximum Gasteiger partial charge on any atom is 0.0708 e. The van der Waals surface area contributed by atoms with E-state index in [1.807, 2.05) is 0 Å². The van der Waals surface area contributed by atoms with Crippen molar-refractivity contribution >= 4 is 0 Å². The summed E-state index contributed by atoms with van der Waals surface area (Å²) in [7, 11) is 0. The minimum Gasteiger partial charge on any atom is -0.256 e. The molecule has 0 amide bonds. The Labute approximate surface area is 387 Å². The average Bonchev–Trinajstić information content (AvgIpc) is 3.41. The van der Waals surface area contributed by atoms with Gasteiger partial charge in [-0.05, 0) is 125 Å². The van der Waals surface area contributed by atoms with Crippen LogP contribution >= 0.6 is 0 Å². The summed E-state index contributed by atoms with van der Waals surface area (Å²) in [6.07, 6.45) is 2.09. The van der Waals surface area contributed by atoms with E-state index in [4.69, 9.17) is 4.98 Å². The fraction of sp³-hybridized carbons (Fsp3) is 0. The Balaban J connectivity index is 1.16. The van der Waals surface area contributed by atoms with Crippen LogP contribution in [0.3, 0.4) is 0 Å². The molecule has 310 valence electrons. The molecule has 0 saturated carbocycles. The Morgan fingerprint density at radius 3 is 0.955 bits per heavy atom. The van der Waals surface area contributed by atoms with Crippen molar-refractivity contribution in [2.45, 2.75) is 0 Å². The van der Waals surface area contributed by atoms with Gasteiger partial charge in [-0.3, -0.25) is 4.98 Å². The zero-order valence-electron chi connectivity index (χ0n) is 36.4. The Hall–Kier alpha value is -8.65. The van der Waals surface area contributed by atoms with E-state index in [2.05, 4.69) is 273 Å². The molecule has 0 unspecified atom stereocenters. The Kier molecular flexibility index (Phi) is 11.1. The first-order chi connectivity index (χ1) is 32.7. The highest BCUT2D eigenvalue weighted by Crippen LogP contribution is 2.46. The maximum absolute atomic E-state index is 5.23. The zero-order valence-corrected chi connectivity index (χ0v) is 36.4. The molecule has 11 aromatic rings. The second-order valence-corrected chi connectivity index (χ2v) is 16.6. The normalized spacial score (nSPS) is 11.0. The number of benzene rings is 10. The molecule has 0 aliphatic heterocycles. The van der Waals surface area contributed by atoms with Crippen molar-refractivity contribution in [2.75, 3.05) is 0 Å². The summed E-state index contributed by atoms with van der Waals surface area (Å²) in [6, 6.07) is 96.2. The van der Waals surface area contributed by atoms with Crippen LogP contribution in [0.15, 0.2) is 273 Å². The van der Waals surface area contributed by atoms with Crippen LogP contribution in [0, 0.1) is 0 Å². The van der Waals surface area contributed by atoms with Crippen molar-refractivity contribution in [3.8, 4) is 111 Å². The smallest absolute Gasteiger partial charge is 0.0708 e. The lowest BCUT2D eigenvalue weighted by Gasteiger charge is -2.20. The molecular formula is C65H45N. The molecule has 0 aliphatic rings. The summed E-state index contributed by atoms with van der Waals surface area (Å²) < 4.78 is 0. The van der Waals surface area contributed by atoms with Crippen LogP contribution < -0.4 is 0 Å². The molecule has 0 radical (unpaired) electrons. The van der Waals surface area contributed by atoms with Crippen LogP contribution in [0.25, 0.3) is 111 Å². The van der Waals surface area contributed by atoms with Crippen molar-refractivity contribution in [1.29, 1.82) is 0 Å². The minimum atomic E-state index is 0.928. The number of rotatable bonds is 10. The Bertz CT molecular complexity index is 3330. The second-order valence-electron chi connectivity index (χ2n) is 16.6. The molecular weight excluding hydrogens is 795 g/mol. The van der Waals surface area contributed by atoms with Gasteiger partial charge in [0, 0.05) is 17.3 Å². The van der Waals surface area contributed by atoms with Gasteiger partial charge < -0.3 is 0 Å². The summed E-state index contributed by atoms with van der Waals surface area (Å²) in [5, 5.41) is 0. The predicted octanol–water partition coefficient (Wildman–Crippen LogP) is 17.8. The van der Waals surface area contributed by atoms with Crippen molar-refractivity contribution in [2.24, 2.45) is 0 Å². The van der Waals surface area contributed by atoms with Gasteiger partial charge in [-0.25, -0.2) is 0 Å². The van der Waals surface area contributed by atoms with Gasteiger partial charge >= 0.3 is 0 Å². The molecule has 0 bridgehead atoms. The largest absolute Gasteiger partial charge is 0.256 e. The molecule has 1 aromatic heterocycles. The van der Waals surface area contributed by atoms with Gasteiger partial charge in [0.25, 0.3) is 0 Å². The maximum atomic E-state index is 5.23. The number of aromatic nitrogens is 1. The Morgan fingerprint density at radius 1 is 0.167 bits per heavy atom. The first-order valence-electron chi connectivity index (χ1n) is 22.6. The van der Waals surface area contributed by atoms with Crippen LogP contribution in [-0.4, -0.2) is 4.98 Å². The molecule has 0 N–H and O–H groups in total. The standard InChI is InChI=1S/C65H45N/c1-6-22-46(23-7-1)51-38-39-61(62(43-51)49-28-12-4-13-29-49)63-44-65(50-30-14-5-15-31-50)66-45-64(63)60-37-21-20-36-59(60)54-41-52(57-34-18-16-32-55(57)47-24-8-2-9-25-47)40-53(42-54)58-35-19-17-33-56(58)48-26-10-3-11-27-48/h1-45H. The van der Waals surface area contributed by atoms with Crippen LogP contribution in [0.1, 0.15) is 0 Å². The molecule has 1 heterocycles. The van der Waals surface area contributed by atoms with E-state index < -0.39 is 0 Å². The van der Waals surface area contributed by atoms with E-state index in [9.17, 15) is 0 Å². The fourth-order valence-electron chi connectivity index (χ4n) is 9.38. The van der Waals surface area contributed by atoms with Crippen molar-refractivity contribution in [3.05, 3.63) is 273 Å². The van der Waals surface area contributed by atoms with Crippen LogP contribution in [-0.2, 0) is 0 Å². The summed E-state index contributed by atoms with van der Waals surface area (Å²) in [5.74, 6) is 0. The summed E-state index contributed by atoms with van der Waals surface area (Å²) in [5.41, 5.74) is 22.8. The topological polar surface area (TPSA) is 12.9 Å². The highest BCUT2D eigenvalue weighted by molar-refractivity contribution is 5.99. The molecule has 0 fully saturated rings. The zero-order chi connectivity index (χ0) is 44.1. The molecule has 1 nitrogen and oxygen atoms in total. The molecule has 1 heteroatoms. The average molecular weight is 840 g/mol. The third kappa shape index (κ3) is 8.07. The van der Waals surface area contributed by atoms with Gasteiger partial charge in [-0.1, -0.05) is 237 Å². The van der Waals surface area contributed by atoms with Gasteiger partial charge in [0.1, 0.15) is 0 Å². The van der Waals surface area contributed by atoms with Gasteiger partial charge in [0.15, 0.2) is 0 Å². The van der Waals surface area contributed by atoms with Gasteiger partial charge in [0.2, 0.25) is 0 Å². The fourth-order valence-corrected chi connectivity index (χ4v) is 9.38. The molecule has 0 spiro atoms. The van der Waals surface area contributed by atoms with Crippen LogP contribution in [0.2, 0.25) is 0 Å². The van der Waals surface area contributed by atoms with Crippen LogP contribution in [0.5, 0.6) is 0 Å². The molecule has 0 aliphatic carbocycles. The SMILES string of the molecule is c1ccc(-c2ccc(-c3cc(-c4ccccc4)ncc3-c3ccccc3-c3cc(-c4ccccc4-c4ccccc4)cc(-c4ccccc4-c4ccccc4)c3)c(-c3ccccc3)c2)cc1. The number of hydrogen-bond acceptors (Lipinski definition) is 1. The van der Waals surface area contributed by atoms with Crippen LogP contribution in [0.4, 0.5) is 0 Å². The summed E-state index contributed by atoms with van der Waals surface area (Å²) in [6.45, 7) is 0. The third-order valence-corrected chi connectivity index (χ3v) is 12.6. The van der Waals surface area contributed by atoms with Crippen molar-refractivity contribution in [3.63, 3.8) is 0 Å². The number of nitrogens with zero attached hydrogens (tertiary/aromatic N) is 1. The van der Waals surface area contributed by atoms with Gasteiger partial charge in [0.05, 0.1) is 5.69 Å². The monoisotopic (exact) mass is 839 g/mol. The highest BCUT2D eigenvalue weighted by Gasteiger charge is 2.21. The predicted molar refractivity (Wildman–Crippen MR) is 279 cm³/mol. The molecule has 0 atom stereocenters. The van der Waals surface area contributed by atoms with Crippen molar-refractivity contribution in [1.82, 2.24) is 4.98 Å². The minimum absolute atomic E-state index is 0.928. The number of pyridine rings is 1. The quantitative estimate of drug-likeness (QED) is 0.134. The molecule has 10 aromatic carbocycles. The van der Waals surface area contributed by atoms with E-state index in [0.717, 1.165) is 61.3 Å². The summed E-state index contributed by atoms with van der Waals surface area (Å²) in [4.78, 5) is 5.23. The third-order valence-electron chi connectivity index (χ3n) is 12.6. The molecule has 11 rings (SSSR count). The van der Waals surface area contributed by atoms with E-state index in [-0.39, 0.29) is 0 Å². The lowest BCUT2D eigenvalue weighted by Crippen LogP contribution is -1.96. The Morgan fingerprint density at radius 2 is 0.500 bits per heavy atom. The lowest BCUT2D eigenvalue weighted by atomic mass is 9.84. The van der Waals surface area contributed by atoms with Crippen molar-refractivity contribution < 1.29 is 0 Å².